The van der Waals surface area contributed by atoms with Gasteiger partial charge in [0.25, 0.3) is 0 Å². The van der Waals surface area contributed by atoms with E-state index in [0.29, 0.717) is 26.0 Å². The molecule has 2 N–H and O–H groups in total. The molecule has 1 aromatic rings. The third-order valence-corrected chi connectivity index (χ3v) is 3.72. The van der Waals surface area contributed by atoms with Gasteiger partial charge in [-0.25, -0.2) is 4.79 Å². The van der Waals surface area contributed by atoms with Crippen molar-refractivity contribution in [1.29, 1.82) is 0 Å². The lowest BCUT2D eigenvalue weighted by Crippen LogP contribution is -2.35. The van der Waals surface area contributed by atoms with E-state index in [1.54, 1.807) is 0 Å². The molecule has 0 spiro atoms. The zero-order valence-corrected chi connectivity index (χ0v) is 13.3. The average molecular weight is 321 g/mol. The molecule has 126 valence electrons. The van der Waals surface area contributed by atoms with Crippen LogP contribution in [0.25, 0.3) is 0 Å². The summed E-state index contributed by atoms with van der Waals surface area (Å²) >= 11 is 0. The second-order valence-electron chi connectivity index (χ2n) is 5.60. The fourth-order valence-corrected chi connectivity index (χ4v) is 2.39. The summed E-state index contributed by atoms with van der Waals surface area (Å²) < 4.78 is 10.9. The molecule has 1 aromatic carbocycles. The Balaban J connectivity index is 1.80. The number of nitrogens with one attached hydrogen (secondary N) is 1. The number of hydrogen-bond acceptors (Lipinski definition) is 4. The normalized spacial score (nSPS) is 20.2. The molecule has 1 heterocycles. The number of benzene rings is 1. The smallest absolute Gasteiger partial charge is 0.332 e. The Bertz CT molecular complexity index is 546. The molecule has 0 unspecified atom stereocenters. The van der Waals surface area contributed by atoms with Gasteiger partial charge in [0.1, 0.15) is 11.9 Å². The van der Waals surface area contributed by atoms with E-state index in [2.05, 4.69) is 12.2 Å². The van der Waals surface area contributed by atoms with Crippen LogP contribution < -0.4 is 10.1 Å². The molecule has 0 saturated carbocycles. The third-order valence-electron chi connectivity index (χ3n) is 3.72. The van der Waals surface area contributed by atoms with Gasteiger partial charge in [-0.15, -0.1) is 0 Å². The Morgan fingerprint density at radius 2 is 2.13 bits per heavy atom. The van der Waals surface area contributed by atoms with Gasteiger partial charge >= 0.3 is 5.97 Å². The summed E-state index contributed by atoms with van der Waals surface area (Å²) in [5.74, 6) is -0.503. The highest BCUT2D eigenvalue weighted by Crippen LogP contribution is 2.20. The molecule has 2 rings (SSSR count). The first-order valence-corrected chi connectivity index (χ1v) is 7.98. The number of rotatable bonds is 8. The molecular formula is C17H23NO5. The molecule has 1 saturated heterocycles. The molecule has 1 amide bonds. The van der Waals surface area contributed by atoms with Crippen molar-refractivity contribution in [3.8, 4) is 5.75 Å². The highest BCUT2D eigenvalue weighted by molar-refractivity contribution is 5.82. The van der Waals surface area contributed by atoms with Crippen LogP contribution in [0.2, 0.25) is 0 Å². The summed E-state index contributed by atoms with van der Waals surface area (Å²) in [6.45, 7) is 3.15. The van der Waals surface area contributed by atoms with Crippen LogP contribution in [0.4, 0.5) is 0 Å². The van der Waals surface area contributed by atoms with Crippen molar-refractivity contribution >= 4 is 11.9 Å². The second kappa shape index (κ2) is 8.53. The minimum atomic E-state index is -1.02. The van der Waals surface area contributed by atoms with Crippen LogP contribution in [-0.2, 0) is 20.9 Å². The first-order chi connectivity index (χ1) is 11.1. The summed E-state index contributed by atoms with van der Waals surface area (Å²) in [6, 6.07) is 7.57. The summed E-state index contributed by atoms with van der Waals surface area (Å²) in [7, 11) is 0. The number of aliphatic carboxylic acids is 1. The number of carbonyl (C=O) groups is 2. The van der Waals surface area contributed by atoms with Crippen LogP contribution in [0.1, 0.15) is 38.2 Å². The number of carbonyl (C=O) groups excluding carboxylic acids is 1. The largest absolute Gasteiger partial charge is 0.494 e. The Morgan fingerprint density at radius 3 is 2.83 bits per heavy atom. The van der Waals surface area contributed by atoms with Gasteiger partial charge in [-0.2, -0.15) is 0 Å². The lowest BCUT2D eigenvalue weighted by atomic mass is 10.1. The minimum absolute atomic E-state index is 0.272. The maximum Gasteiger partial charge on any atom is 0.332 e. The van der Waals surface area contributed by atoms with Gasteiger partial charge in [0.15, 0.2) is 6.10 Å². The lowest BCUT2D eigenvalue weighted by molar-refractivity contribution is -0.151. The van der Waals surface area contributed by atoms with Crippen molar-refractivity contribution < 1.29 is 24.2 Å². The molecule has 1 fully saturated rings. The van der Waals surface area contributed by atoms with Gasteiger partial charge in [0, 0.05) is 6.54 Å². The molecule has 6 nitrogen and oxygen atoms in total. The third kappa shape index (κ3) is 5.25. The molecule has 0 bridgehead atoms. The van der Waals surface area contributed by atoms with Gasteiger partial charge in [0.2, 0.25) is 5.91 Å². The van der Waals surface area contributed by atoms with E-state index in [9.17, 15) is 9.59 Å². The Hall–Kier alpha value is -2.08. The molecule has 0 radical (unpaired) electrons. The average Bonchev–Trinajstić information content (AvgIpc) is 3.04. The van der Waals surface area contributed by atoms with E-state index < -0.39 is 18.2 Å². The molecular weight excluding hydrogens is 298 g/mol. The van der Waals surface area contributed by atoms with E-state index in [1.807, 2.05) is 24.3 Å². The summed E-state index contributed by atoms with van der Waals surface area (Å²) in [5.41, 5.74) is 0.931. The predicted molar refractivity (Wildman–Crippen MR) is 84.2 cm³/mol. The van der Waals surface area contributed by atoms with E-state index in [1.165, 1.54) is 0 Å². The monoisotopic (exact) mass is 321 g/mol. The topological polar surface area (TPSA) is 84.9 Å². The number of ether oxygens (including phenoxy) is 2. The van der Waals surface area contributed by atoms with Crippen LogP contribution in [0.15, 0.2) is 24.3 Å². The van der Waals surface area contributed by atoms with E-state index in [4.69, 9.17) is 14.6 Å². The molecule has 6 heteroatoms. The van der Waals surface area contributed by atoms with Crippen LogP contribution in [0, 0.1) is 0 Å². The Morgan fingerprint density at radius 1 is 1.35 bits per heavy atom. The molecule has 1 aliphatic heterocycles. The first-order valence-electron chi connectivity index (χ1n) is 7.98. The van der Waals surface area contributed by atoms with Crippen molar-refractivity contribution in [3.63, 3.8) is 0 Å². The molecule has 2 atom stereocenters. The highest BCUT2D eigenvalue weighted by atomic mass is 16.5. The van der Waals surface area contributed by atoms with Crippen LogP contribution >= 0.6 is 0 Å². The van der Waals surface area contributed by atoms with Gasteiger partial charge in [0.05, 0.1) is 6.61 Å². The quantitative estimate of drug-likeness (QED) is 0.716. The van der Waals surface area contributed by atoms with Gasteiger partial charge in [-0.05, 0) is 37.0 Å². The van der Waals surface area contributed by atoms with Gasteiger partial charge < -0.3 is 19.9 Å². The molecule has 1 aliphatic rings. The van der Waals surface area contributed by atoms with E-state index >= 15 is 0 Å². The number of amides is 1. The maximum absolute atomic E-state index is 12.0. The standard InChI is InChI=1S/C17H23NO5/c1-2-3-9-22-13-6-4-5-12(10-13)11-18-16(19)14-7-8-15(23-14)17(20)21/h4-6,10,14-15H,2-3,7-9,11H2,1H3,(H,18,19)(H,20,21)/t14-,15+/m0/s1. The molecule has 23 heavy (non-hydrogen) atoms. The summed E-state index contributed by atoms with van der Waals surface area (Å²) in [5, 5.41) is 11.7. The van der Waals surface area contributed by atoms with Crippen LogP contribution in [-0.4, -0.2) is 35.8 Å². The maximum atomic E-state index is 12.0. The van der Waals surface area contributed by atoms with E-state index in [0.717, 1.165) is 24.2 Å². The summed E-state index contributed by atoms with van der Waals surface area (Å²) in [4.78, 5) is 22.8. The molecule has 0 aromatic heterocycles. The van der Waals surface area contributed by atoms with Crippen molar-refractivity contribution in [2.45, 2.75) is 51.4 Å². The van der Waals surface area contributed by atoms with Gasteiger partial charge in [-0.3, -0.25) is 4.79 Å². The number of carboxylic acid groups (broad SMARTS) is 1. The number of unbranched alkanes of at least 4 members (excludes halogenated alkanes) is 1. The zero-order valence-electron chi connectivity index (χ0n) is 13.3. The van der Waals surface area contributed by atoms with E-state index in [-0.39, 0.29) is 5.91 Å². The Labute approximate surface area is 135 Å². The fourth-order valence-electron chi connectivity index (χ4n) is 2.39. The highest BCUT2D eigenvalue weighted by Gasteiger charge is 2.34. The lowest BCUT2D eigenvalue weighted by Gasteiger charge is -2.12. The second-order valence-corrected chi connectivity index (χ2v) is 5.60. The SMILES string of the molecule is CCCCOc1cccc(CNC(=O)[C@@H]2CC[C@H](C(=O)O)O2)c1. The summed E-state index contributed by atoms with van der Waals surface area (Å²) in [6.07, 6.45) is 1.33. The predicted octanol–water partition coefficient (Wildman–Crippen LogP) is 2.11. The van der Waals surface area contributed by atoms with Crippen molar-refractivity contribution in [1.82, 2.24) is 5.32 Å². The van der Waals surface area contributed by atoms with Crippen molar-refractivity contribution in [2.75, 3.05) is 6.61 Å². The number of carboxylic acids is 1. The minimum Gasteiger partial charge on any atom is -0.494 e. The number of hydrogen-bond donors (Lipinski definition) is 2. The van der Waals surface area contributed by atoms with Crippen LogP contribution in [0.5, 0.6) is 5.75 Å². The molecule has 0 aliphatic carbocycles. The zero-order chi connectivity index (χ0) is 16.7. The van der Waals surface area contributed by atoms with Crippen molar-refractivity contribution in [3.05, 3.63) is 29.8 Å². The first kappa shape index (κ1) is 17.3. The fraction of sp³-hybridized carbons (Fsp3) is 0.529. The Kier molecular flexibility index (Phi) is 6.40. The van der Waals surface area contributed by atoms with Gasteiger partial charge in [-0.1, -0.05) is 25.5 Å². The van der Waals surface area contributed by atoms with Crippen LogP contribution in [0.3, 0.4) is 0 Å². The van der Waals surface area contributed by atoms with Crippen molar-refractivity contribution in [2.24, 2.45) is 0 Å².